The van der Waals surface area contributed by atoms with E-state index in [2.05, 4.69) is 18.7 Å². The Labute approximate surface area is 125 Å². The Morgan fingerprint density at radius 1 is 1.05 bits per heavy atom. The van der Waals surface area contributed by atoms with Crippen molar-refractivity contribution in [3.63, 3.8) is 0 Å². The van der Waals surface area contributed by atoms with Gasteiger partial charge in [-0.25, -0.2) is 0 Å². The molecule has 0 spiro atoms. The number of hydrogen-bond acceptors (Lipinski definition) is 2. The fourth-order valence-electron chi connectivity index (χ4n) is 2.30. The molecule has 2 aromatic carbocycles. The van der Waals surface area contributed by atoms with E-state index in [4.69, 9.17) is 11.6 Å². The monoisotopic (exact) mass is 289 g/mol. The first-order valence-corrected chi connectivity index (χ1v) is 7.32. The quantitative estimate of drug-likeness (QED) is 0.872. The molecular formula is C17H20ClNO. The highest BCUT2D eigenvalue weighted by molar-refractivity contribution is 6.31. The minimum Gasteiger partial charge on any atom is -0.507 e. The standard InChI is InChI=1S/C17H20ClNO/c1-3-19(4-2)12-14-10-15(18)11-16(17(14)20)13-8-6-5-7-9-13/h5-11,20H,3-4,12H2,1-2H3. The van der Waals surface area contributed by atoms with Crippen molar-refractivity contribution in [1.29, 1.82) is 0 Å². The van der Waals surface area contributed by atoms with Crippen LogP contribution in [0.4, 0.5) is 0 Å². The van der Waals surface area contributed by atoms with Gasteiger partial charge < -0.3 is 5.11 Å². The molecule has 0 saturated carbocycles. The molecule has 0 atom stereocenters. The predicted molar refractivity (Wildman–Crippen MR) is 85.2 cm³/mol. The molecular weight excluding hydrogens is 270 g/mol. The van der Waals surface area contributed by atoms with Crippen molar-refractivity contribution in [3.05, 3.63) is 53.1 Å². The first-order valence-electron chi connectivity index (χ1n) is 6.94. The predicted octanol–water partition coefficient (Wildman–Crippen LogP) is 4.55. The highest BCUT2D eigenvalue weighted by atomic mass is 35.5. The lowest BCUT2D eigenvalue weighted by molar-refractivity contribution is 0.291. The molecule has 0 aliphatic carbocycles. The van der Waals surface area contributed by atoms with Crippen molar-refractivity contribution in [2.75, 3.05) is 13.1 Å². The van der Waals surface area contributed by atoms with Crippen LogP contribution in [-0.4, -0.2) is 23.1 Å². The molecule has 2 rings (SSSR count). The van der Waals surface area contributed by atoms with Gasteiger partial charge in [0.2, 0.25) is 0 Å². The lowest BCUT2D eigenvalue weighted by Gasteiger charge is -2.20. The highest BCUT2D eigenvalue weighted by Crippen LogP contribution is 2.35. The zero-order valence-electron chi connectivity index (χ0n) is 11.9. The molecule has 0 heterocycles. The number of phenolic OH excluding ortho intramolecular Hbond substituents is 1. The van der Waals surface area contributed by atoms with Gasteiger partial charge in [-0.3, -0.25) is 4.90 Å². The largest absolute Gasteiger partial charge is 0.507 e. The molecule has 0 aliphatic rings. The minimum absolute atomic E-state index is 0.326. The van der Waals surface area contributed by atoms with E-state index < -0.39 is 0 Å². The molecule has 20 heavy (non-hydrogen) atoms. The Bertz CT molecular complexity index is 565. The van der Waals surface area contributed by atoms with Gasteiger partial charge in [0.05, 0.1) is 0 Å². The van der Waals surface area contributed by atoms with Gasteiger partial charge >= 0.3 is 0 Å². The van der Waals surface area contributed by atoms with E-state index in [0.29, 0.717) is 17.3 Å². The summed E-state index contributed by atoms with van der Waals surface area (Å²) in [6, 6.07) is 13.5. The lowest BCUT2D eigenvalue weighted by Crippen LogP contribution is -2.22. The maximum atomic E-state index is 10.5. The maximum Gasteiger partial charge on any atom is 0.127 e. The molecule has 0 unspecified atom stereocenters. The Hall–Kier alpha value is -1.51. The molecule has 3 heteroatoms. The number of rotatable bonds is 5. The Kier molecular flexibility index (Phi) is 5.05. The van der Waals surface area contributed by atoms with Gasteiger partial charge in [0.25, 0.3) is 0 Å². The van der Waals surface area contributed by atoms with Gasteiger partial charge in [-0.15, -0.1) is 0 Å². The smallest absolute Gasteiger partial charge is 0.127 e. The van der Waals surface area contributed by atoms with Crippen LogP contribution < -0.4 is 0 Å². The van der Waals surface area contributed by atoms with Crippen LogP contribution >= 0.6 is 11.6 Å². The van der Waals surface area contributed by atoms with Gasteiger partial charge in [0.1, 0.15) is 5.75 Å². The Morgan fingerprint density at radius 3 is 2.30 bits per heavy atom. The number of aromatic hydroxyl groups is 1. The number of nitrogens with zero attached hydrogens (tertiary/aromatic N) is 1. The van der Waals surface area contributed by atoms with Gasteiger partial charge in [0.15, 0.2) is 0 Å². The molecule has 0 bridgehead atoms. The topological polar surface area (TPSA) is 23.5 Å². The van der Waals surface area contributed by atoms with Crippen LogP contribution in [0.2, 0.25) is 5.02 Å². The Morgan fingerprint density at radius 2 is 1.70 bits per heavy atom. The minimum atomic E-state index is 0.326. The fraction of sp³-hybridized carbons (Fsp3) is 0.294. The molecule has 0 amide bonds. The van der Waals surface area contributed by atoms with Crippen molar-refractivity contribution in [1.82, 2.24) is 4.90 Å². The highest BCUT2D eigenvalue weighted by Gasteiger charge is 2.13. The van der Waals surface area contributed by atoms with E-state index in [9.17, 15) is 5.11 Å². The number of benzene rings is 2. The third-order valence-electron chi connectivity index (χ3n) is 3.53. The summed E-state index contributed by atoms with van der Waals surface area (Å²) >= 11 is 6.21. The molecule has 2 nitrogen and oxygen atoms in total. The van der Waals surface area contributed by atoms with E-state index in [-0.39, 0.29) is 0 Å². The van der Waals surface area contributed by atoms with Crippen LogP contribution in [0.3, 0.4) is 0 Å². The first kappa shape index (κ1) is 14.9. The second kappa shape index (κ2) is 6.78. The zero-order valence-corrected chi connectivity index (χ0v) is 12.7. The van der Waals surface area contributed by atoms with Crippen LogP contribution in [0.1, 0.15) is 19.4 Å². The summed E-state index contributed by atoms with van der Waals surface area (Å²) in [4.78, 5) is 2.25. The average molecular weight is 290 g/mol. The molecule has 106 valence electrons. The van der Waals surface area contributed by atoms with Crippen molar-refractivity contribution < 1.29 is 5.11 Å². The maximum absolute atomic E-state index is 10.5. The van der Waals surface area contributed by atoms with Crippen molar-refractivity contribution in [2.45, 2.75) is 20.4 Å². The van der Waals surface area contributed by atoms with E-state index in [1.54, 1.807) is 0 Å². The molecule has 2 aromatic rings. The average Bonchev–Trinajstić information content (AvgIpc) is 2.48. The summed E-state index contributed by atoms with van der Waals surface area (Å²) in [6.07, 6.45) is 0. The van der Waals surface area contributed by atoms with E-state index in [0.717, 1.165) is 29.8 Å². The van der Waals surface area contributed by atoms with Crippen LogP contribution in [0.15, 0.2) is 42.5 Å². The number of halogens is 1. The fourth-order valence-corrected chi connectivity index (χ4v) is 2.54. The van der Waals surface area contributed by atoms with Crippen molar-refractivity contribution in [3.8, 4) is 16.9 Å². The second-order valence-corrected chi connectivity index (χ2v) is 5.22. The molecule has 1 N–H and O–H groups in total. The third kappa shape index (κ3) is 3.33. The Balaban J connectivity index is 2.42. The molecule has 0 saturated heterocycles. The third-order valence-corrected chi connectivity index (χ3v) is 3.75. The molecule has 0 aliphatic heterocycles. The summed E-state index contributed by atoms with van der Waals surface area (Å²) in [5.41, 5.74) is 2.65. The van der Waals surface area contributed by atoms with Gasteiger partial charge in [0, 0.05) is 22.7 Å². The van der Waals surface area contributed by atoms with Gasteiger partial charge in [-0.1, -0.05) is 55.8 Å². The van der Waals surface area contributed by atoms with Crippen molar-refractivity contribution in [2.24, 2.45) is 0 Å². The summed E-state index contributed by atoms with van der Waals surface area (Å²) in [7, 11) is 0. The van der Waals surface area contributed by atoms with E-state index in [1.807, 2.05) is 42.5 Å². The number of phenols is 1. The molecule has 0 radical (unpaired) electrons. The second-order valence-electron chi connectivity index (χ2n) is 4.79. The van der Waals surface area contributed by atoms with E-state index in [1.165, 1.54) is 0 Å². The lowest BCUT2D eigenvalue weighted by atomic mass is 10.0. The van der Waals surface area contributed by atoms with Crippen LogP contribution in [0.5, 0.6) is 5.75 Å². The first-order chi connectivity index (χ1) is 9.65. The van der Waals surface area contributed by atoms with E-state index >= 15 is 0 Å². The van der Waals surface area contributed by atoms with Crippen LogP contribution in [0.25, 0.3) is 11.1 Å². The normalized spacial score (nSPS) is 11.0. The number of hydrogen-bond donors (Lipinski definition) is 1. The zero-order chi connectivity index (χ0) is 14.5. The summed E-state index contributed by atoms with van der Waals surface area (Å²) < 4.78 is 0. The van der Waals surface area contributed by atoms with Crippen LogP contribution in [0, 0.1) is 0 Å². The summed E-state index contributed by atoms with van der Waals surface area (Å²) in [5, 5.41) is 11.2. The van der Waals surface area contributed by atoms with Crippen LogP contribution in [-0.2, 0) is 6.54 Å². The molecule has 0 aromatic heterocycles. The van der Waals surface area contributed by atoms with Gasteiger partial charge in [-0.05, 0) is 30.8 Å². The van der Waals surface area contributed by atoms with Gasteiger partial charge in [-0.2, -0.15) is 0 Å². The summed E-state index contributed by atoms with van der Waals surface area (Å²) in [5.74, 6) is 0.326. The SMILES string of the molecule is CCN(CC)Cc1cc(Cl)cc(-c2ccccc2)c1O. The molecule has 0 fully saturated rings. The summed E-state index contributed by atoms with van der Waals surface area (Å²) in [6.45, 7) is 6.83. The van der Waals surface area contributed by atoms with Crippen molar-refractivity contribution >= 4 is 11.6 Å².